The fourth-order valence-corrected chi connectivity index (χ4v) is 2.75. The minimum atomic E-state index is 0.0846. The van der Waals surface area contributed by atoms with E-state index in [4.69, 9.17) is 12.2 Å². The van der Waals surface area contributed by atoms with Crippen LogP contribution in [-0.2, 0) is 6.42 Å². The van der Waals surface area contributed by atoms with Crippen LogP contribution < -0.4 is 5.32 Å². The number of fused-ring (bicyclic) bond motifs is 3. The molecule has 0 fully saturated rings. The zero-order chi connectivity index (χ0) is 11.1. The van der Waals surface area contributed by atoms with E-state index >= 15 is 0 Å². The first-order valence-electron chi connectivity index (χ1n) is 5.18. The van der Waals surface area contributed by atoms with Crippen molar-refractivity contribution in [3.05, 3.63) is 29.5 Å². The summed E-state index contributed by atoms with van der Waals surface area (Å²) in [5, 5.41) is 11.7. The number of nitrogens with one attached hydrogen (secondary N) is 2. The molecule has 0 bridgehead atoms. The summed E-state index contributed by atoms with van der Waals surface area (Å²) >= 11 is 9.46. The predicted octanol–water partition coefficient (Wildman–Crippen LogP) is 2.01. The van der Waals surface area contributed by atoms with E-state index in [9.17, 15) is 0 Å². The first-order valence-corrected chi connectivity index (χ1v) is 6.04. The van der Waals surface area contributed by atoms with Gasteiger partial charge in [-0.2, -0.15) is 5.10 Å². The molecule has 1 aliphatic rings. The van der Waals surface area contributed by atoms with Gasteiger partial charge in [0.25, 0.3) is 0 Å². The Labute approximate surface area is 104 Å². The van der Waals surface area contributed by atoms with Crippen LogP contribution in [0.25, 0.3) is 10.9 Å². The molecule has 1 atom stereocenters. The molecular formula is C11H11N3S2. The number of H-pyrrole nitrogens is 1. The Kier molecular flexibility index (Phi) is 2.46. The van der Waals surface area contributed by atoms with Crippen molar-refractivity contribution in [3.63, 3.8) is 0 Å². The third-order valence-electron chi connectivity index (χ3n) is 3.05. The fraction of sp³-hybridized carbons (Fsp3) is 0.273. The summed E-state index contributed by atoms with van der Waals surface area (Å²) in [6.45, 7) is 0.933. The number of hydrogen-bond donors (Lipinski definition) is 3. The smallest absolute Gasteiger partial charge is 0.0741 e. The number of benzene rings is 1. The zero-order valence-corrected chi connectivity index (χ0v) is 10.2. The molecule has 0 spiro atoms. The molecule has 1 aromatic heterocycles. The molecule has 3 rings (SSSR count). The molecule has 2 N–H and O–H groups in total. The monoisotopic (exact) mass is 249 g/mol. The minimum absolute atomic E-state index is 0.0846. The number of rotatable bonds is 1. The van der Waals surface area contributed by atoms with Crippen LogP contribution >= 0.6 is 24.8 Å². The third kappa shape index (κ3) is 1.47. The van der Waals surface area contributed by atoms with Gasteiger partial charge in [-0.1, -0.05) is 18.3 Å². The second kappa shape index (κ2) is 3.84. The second-order valence-electron chi connectivity index (χ2n) is 3.94. The van der Waals surface area contributed by atoms with Crippen molar-refractivity contribution in [1.29, 1.82) is 0 Å². The van der Waals surface area contributed by atoms with Crippen molar-refractivity contribution in [2.45, 2.75) is 12.5 Å². The van der Waals surface area contributed by atoms with Gasteiger partial charge in [-0.25, -0.2) is 0 Å². The molecule has 1 aliphatic heterocycles. The van der Waals surface area contributed by atoms with E-state index in [1.165, 1.54) is 16.5 Å². The van der Waals surface area contributed by atoms with Crippen molar-refractivity contribution in [3.8, 4) is 0 Å². The Morgan fingerprint density at radius 3 is 3.19 bits per heavy atom. The molecule has 2 heterocycles. The highest BCUT2D eigenvalue weighted by Gasteiger charge is 2.23. The molecule has 0 saturated carbocycles. The minimum Gasteiger partial charge on any atom is -0.305 e. The van der Waals surface area contributed by atoms with Crippen LogP contribution in [0.1, 0.15) is 17.2 Å². The lowest BCUT2D eigenvalue weighted by atomic mass is 9.92. The van der Waals surface area contributed by atoms with E-state index in [-0.39, 0.29) is 6.04 Å². The molecule has 16 heavy (non-hydrogen) atoms. The van der Waals surface area contributed by atoms with Crippen molar-refractivity contribution >= 4 is 39.9 Å². The van der Waals surface area contributed by atoms with E-state index in [0.29, 0.717) is 4.20 Å². The van der Waals surface area contributed by atoms with Crippen molar-refractivity contribution in [1.82, 2.24) is 15.5 Å². The van der Waals surface area contributed by atoms with E-state index in [1.807, 2.05) is 12.3 Å². The van der Waals surface area contributed by atoms with E-state index in [0.717, 1.165) is 18.5 Å². The lowest BCUT2D eigenvalue weighted by Crippen LogP contribution is -2.32. The van der Waals surface area contributed by atoms with Gasteiger partial charge in [-0.3, -0.25) is 5.10 Å². The molecule has 1 aromatic carbocycles. The number of hydrogen-bond acceptors (Lipinski definition) is 3. The molecule has 3 nitrogen and oxygen atoms in total. The topological polar surface area (TPSA) is 40.7 Å². The van der Waals surface area contributed by atoms with E-state index in [1.54, 1.807) is 0 Å². The summed E-state index contributed by atoms with van der Waals surface area (Å²) in [4.78, 5) is 0. The van der Waals surface area contributed by atoms with Gasteiger partial charge < -0.3 is 5.32 Å². The first-order chi connectivity index (χ1) is 7.77. The Balaban J connectivity index is 2.25. The number of aromatic nitrogens is 2. The standard InChI is InChI=1S/C11H11N3S2/c15-11(16)10-7-1-2-9-8(5-13-14-9)6(7)3-4-12-10/h1-2,5,10,12H,3-4H2,(H,13,14)(H,15,16). The summed E-state index contributed by atoms with van der Waals surface area (Å²) in [5.41, 5.74) is 3.66. The van der Waals surface area contributed by atoms with Crippen LogP contribution in [0.15, 0.2) is 18.3 Å². The van der Waals surface area contributed by atoms with Crippen molar-refractivity contribution in [2.24, 2.45) is 0 Å². The number of nitrogens with zero attached hydrogens (tertiary/aromatic N) is 1. The SMILES string of the molecule is S=C(S)C1NCCc2c1ccc1[nH]ncc21. The molecule has 82 valence electrons. The molecule has 0 saturated heterocycles. The summed E-state index contributed by atoms with van der Waals surface area (Å²) in [6, 6.07) is 4.24. The van der Waals surface area contributed by atoms with Crippen LogP contribution in [0, 0.1) is 0 Å². The van der Waals surface area contributed by atoms with Gasteiger partial charge in [0.15, 0.2) is 0 Å². The highest BCUT2D eigenvalue weighted by molar-refractivity contribution is 8.11. The van der Waals surface area contributed by atoms with Crippen molar-refractivity contribution in [2.75, 3.05) is 6.54 Å². The van der Waals surface area contributed by atoms with Crippen LogP contribution in [-0.4, -0.2) is 20.9 Å². The van der Waals surface area contributed by atoms with Crippen LogP contribution in [0.3, 0.4) is 0 Å². The van der Waals surface area contributed by atoms with Gasteiger partial charge in [0, 0.05) is 11.9 Å². The Hall–Kier alpha value is -0.910. The molecule has 0 radical (unpaired) electrons. The lowest BCUT2D eigenvalue weighted by molar-refractivity contribution is 0.615. The molecule has 5 heteroatoms. The van der Waals surface area contributed by atoms with Crippen LogP contribution in [0.2, 0.25) is 0 Å². The number of thiocarbonyl (C=S) groups is 1. The lowest BCUT2D eigenvalue weighted by Gasteiger charge is -2.26. The van der Waals surface area contributed by atoms with E-state index in [2.05, 4.69) is 34.2 Å². The third-order valence-corrected chi connectivity index (χ3v) is 3.55. The molecule has 2 aromatic rings. The first kappa shape index (κ1) is 10.3. The number of thiol groups is 1. The highest BCUT2D eigenvalue weighted by Crippen LogP contribution is 2.30. The quantitative estimate of drug-likeness (QED) is 0.535. The van der Waals surface area contributed by atoms with Crippen LogP contribution in [0.5, 0.6) is 0 Å². The highest BCUT2D eigenvalue weighted by atomic mass is 32.1. The number of aromatic amines is 1. The van der Waals surface area contributed by atoms with Crippen LogP contribution in [0.4, 0.5) is 0 Å². The second-order valence-corrected chi connectivity index (χ2v) is 5.16. The van der Waals surface area contributed by atoms with Gasteiger partial charge in [-0.05, 0) is 23.6 Å². The maximum Gasteiger partial charge on any atom is 0.0741 e. The summed E-state index contributed by atoms with van der Waals surface area (Å²) in [6.07, 6.45) is 2.90. The zero-order valence-electron chi connectivity index (χ0n) is 8.53. The van der Waals surface area contributed by atoms with Crippen molar-refractivity contribution < 1.29 is 0 Å². The van der Waals surface area contributed by atoms with E-state index < -0.39 is 0 Å². The molecule has 0 amide bonds. The summed E-state index contributed by atoms with van der Waals surface area (Å²) in [7, 11) is 0. The van der Waals surface area contributed by atoms with Gasteiger partial charge in [0.2, 0.25) is 0 Å². The fourth-order valence-electron chi connectivity index (χ4n) is 2.31. The largest absolute Gasteiger partial charge is 0.305 e. The maximum atomic E-state index is 5.17. The van der Waals surface area contributed by atoms with Gasteiger partial charge in [-0.15, -0.1) is 12.6 Å². The van der Waals surface area contributed by atoms with Gasteiger partial charge >= 0.3 is 0 Å². The molecule has 0 aliphatic carbocycles. The maximum absolute atomic E-state index is 5.17. The average molecular weight is 249 g/mol. The summed E-state index contributed by atoms with van der Waals surface area (Å²) < 4.78 is 0.698. The Morgan fingerprint density at radius 2 is 2.38 bits per heavy atom. The predicted molar refractivity (Wildman–Crippen MR) is 72.1 cm³/mol. The van der Waals surface area contributed by atoms with Gasteiger partial charge in [0.05, 0.1) is 22.0 Å². The Morgan fingerprint density at radius 1 is 1.50 bits per heavy atom. The Bertz CT molecular complexity index is 561. The normalized spacial score (nSPS) is 19.7. The average Bonchev–Trinajstić information content (AvgIpc) is 2.76. The summed E-state index contributed by atoms with van der Waals surface area (Å²) in [5.74, 6) is 0. The molecule has 1 unspecified atom stereocenters. The molecular weight excluding hydrogens is 238 g/mol. The van der Waals surface area contributed by atoms with Gasteiger partial charge in [0.1, 0.15) is 0 Å².